The monoisotopic (exact) mass is 583 g/mol. The molecule has 1 aromatic heterocycles. The predicted octanol–water partition coefficient (Wildman–Crippen LogP) is 7.35. The van der Waals surface area contributed by atoms with Gasteiger partial charge in [-0.2, -0.15) is 18.4 Å². The standard InChI is InChI=1S/C31H29F4N3O2S/c1-19(21-5-6-22(18-36)26(15-21)31(33,34)35)25-17-28(41)38(30(2,3)29(25)39)13-4-14-40-23-7-8-24(27(32)16-23)20-9-11-37-12-10-20/h5-12,15-16,19,25H,4,13-14,17H2,1-3H3. The molecule has 1 aliphatic rings. The first kappa shape index (κ1) is 30.1. The normalized spacial score (nSPS) is 17.7. The Hall–Kier alpha value is -3.84. The molecule has 5 nitrogen and oxygen atoms in total. The van der Waals surface area contributed by atoms with Gasteiger partial charge in [0, 0.05) is 42.9 Å². The van der Waals surface area contributed by atoms with Crippen LogP contribution < -0.4 is 4.74 Å². The zero-order valence-electron chi connectivity index (χ0n) is 22.8. The van der Waals surface area contributed by atoms with Crippen molar-refractivity contribution in [2.75, 3.05) is 13.2 Å². The summed E-state index contributed by atoms with van der Waals surface area (Å²) in [6.45, 7) is 5.92. The average Bonchev–Trinajstić information content (AvgIpc) is 2.94. The molecule has 0 spiro atoms. The lowest BCUT2D eigenvalue weighted by atomic mass is 9.73. The molecule has 2 heterocycles. The second-order valence-electron chi connectivity index (χ2n) is 10.6. The van der Waals surface area contributed by atoms with Crippen LogP contribution in [0.2, 0.25) is 0 Å². The first-order valence-electron chi connectivity index (χ1n) is 13.1. The van der Waals surface area contributed by atoms with E-state index in [1.807, 2.05) is 4.90 Å². The Morgan fingerprint density at radius 1 is 1.17 bits per heavy atom. The van der Waals surface area contributed by atoms with E-state index in [0.717, 1.165) is 12.1 Å². The van der Waals surface area contributed by atoms with Gasteiger partial charge in [0.15, 0.2) is 5.78 Å². The highest BCUT2D eigenvalue weighted by molar-refractivity contribution is 7.80. The lowest BCUT2D eigenvalue weighted by Crippen LogP contribution is -2.60. The summed E-state index contributed by atoms with van der Waals surface area (Å²) in [5, 5.41) is 9.10. The zero-order valence-corrected chi connectivity index (χ0v) is 23.7. The van der Waals surface area contributed by atoms with Gasteiger partial charge in [0.25, 0.3) is 0 Å². The molecule has 10 heteroatoms. The topological polar surface area (TPSA) is 66.2 Å². The number of Topliss-reactive ketones (excluding diaryl/α,β-unsaturated/α-hetero) is 1. The highest BCUT2D eigenvalue weighted by Crippen LogP contribution is 2.40. The lowest BCUT2D eigenvalue weighted by Gasteiger charge is -2.47. The summed E-state index contributed by atoms with van der Waals surface area (Å²) in [6, 6.07) is 13.3. The van der Waals surface area contributed by atoms with E-state index in [0.29, 0.717) is 40.4 Å². The van der Waals surface area contributed by atoms with Crippen molar-refractivity contribution in [1.82, 2.24) is 9.88 Å². The van der Waals surface area contributed by atoms with E-state index < -0.39 is 40.5 Å². The van der Waals surface area contributed by atoms with Crippen molar-refractivity contribution in [1.29, 1.82) is 5.26 Å². The molecule has 0 bridgehead atoms. The van der Waals surface area contributed by atoms with Crippen LogP contribution in [0.5, 0.6) is 5.75 Å². The number of carbonyl (C=O) groups excluding carboxylic acids is 1. The van der Waals surface area contributed by atoms with Crippen molar-refractivity contribution >= 4 is 23.0 Å². The number of benzene rings is 2. The summed E-state index contributed by atoms with van der Waals surface area (Å²) in [4.78, 5) is 19.9. The fourth-order valence-corrected chi connectivity index (χ4v) is 5.77. The Bertz CT molecular complexity index is 1480. The first-order valence-corrected chi connectivity index (χ1v) is 13.5. The minimum absolute atomic E-state index is 0.119. The number of rotatable bonds is 8. The number of thiocarbonyl (C=S) groups is 1. The number of ketones is 1. The second kappa shape index (κ2) is 12.0. The Balaban J connectivity index is 1.39. The third kappa shape index (κ3) is 6.41. The summed E-state index contributed by atoms with van der Waals surface area (Å²) >= 11 is 5.68. The fraction of sp³-hybridized carbons (Fsp3) is 0.355. The minimum Gasteiger partial charge on any atom is -0.493 e. The van der Waals surface area contributed by atoms with E-state index in [2.05, 4.69) is 4.98 Å². The van der Waals surface area contributed by atoms with Crippen LogP contribution in [-0.4, -0.2) is 39.3 Å². The smallest absolute Gasteiger partial charge is 0.417 e. The summed E-state index contributed by atoms with van der Waals surface area (Å²) < 4.78 is 61.0. The Labute approximate surface area is 241 Å². The number of aromatic nitrogens is 1. The molecule has 0 aliphatic carbocycles. The number of piperidine rings is 1. The molecular weight excluding hydrogens is 554 g/mol. The second-order valence-corrected chi connectivity index (χ2v) is 11.0. The Morgan fingerprint density at radius 3 is 2.51 bits per heavy atom. The van der Waals surface area contributed by atoms with Crippen LogP contribution in [0.15, 0.2) is 60.9 Å². The SMILES string of the molecule is CC(c1ccc(C#N)c(C(F)(F)F)c1)C1CC(=S)N(CCCOc2ccc(-c3ccncc3)c(F)c2)C(C)(C)C1=O. The van der Waals surface area contributed by atoms with Gasteiger partial charge in [-0.25, -0.2) is 4.39 Å². The quantitative estimate of drug-likeness (QED) is 0.157. The number of pyridine rings is 1. The molecule has 1 fully saturated rings. The molecular formula is C31H29F4N3O2S. The molecule has 0 amide bonds. The van der Waals surface area contributed by atoms with Gasteiger partial charge in [-0.1, -0.05) is 25.2 Å². The molecule has 2 atom stereocenters. The number of carbonyl (C=O) groups is 1. The minimum atomic E-state index is -4.68. The van der Waals surface area contributed by atoms with Crippen LogP contribution in [0, 0.1) is 23.1 Å². The maximum Gasteiger partial charge on any atom is 0.417 e. The maximum absolute atomic E-state index is 14.6. The van der Waals surface area contributed by atoms with Crippen molar-refractivity contribution in [2.45, 2.75) is 51.2 Å². The van der Waals surface area contributed by atoms with E-state index >= 15 is 0 Å². The Kier molecular flexibility index (Phi) is 8.78. The number of likely N-dealkylation sites (tertiary alicyclic amines) is 1. The highest BCUT2D eigenvalue weighted by Gasteiger charge is 2.47. The van der Waals surface area contributed by atoms with Gasteiger partial charge in [0.05, 0.1) is 34.3 Å². The third-order valence-corrected chi connectivity index (χ3v) is 8.02. The van der Waals surface area contributed by atoms with Crippen molar-refractivity contribution in [2.24, 2.45) is 5.92 Å². The summed E-state index contributed by atoms with van der Waals surface area (Å²) in [7, 11) is 0. The molecule has 0 radical (unpaired) electrons. The van der Waals surface area contributed by atoms with Crippen LogP contribution in [0.3, 0.4) is 0 Å². The van der Waals surface area contributed by atoms with Crippen molar-refractivity contribution in [3.05, 3.63) is 83.4 Å². The van der Waals surface area contributed by atoms with Crippen molar-refractivity contribution < 1.29 is 27.1 Å². The summed E-state index contributed by atoms with van der Waals surface area (Å²) in [6.07, 6.45) is -0.762. The van der Waals surface area contributed by atoms with Gasteiger partial charge in [0.2, 0.25) is 0 Å². The van der Waals surface area contributed by atoms with Gasteiger partial charge in [-0.15, -0.1) is 0 Å². The summed E-state index contributed by atoms with van der Waals surface area (Å²) in [5.74, 6) is -1.30. The van der Waals surface area contributed by atoms with E-state index in [-0.39, 0.29) is 18.8 Å². The third-order valence-electron chi connectivity index (χ3n) is 7.64. The molecule has 0 saturated carbocycles. The van der Waals surface area contributed by atoms with Gasteiger partial charge < -0.3 is 9.64 Å². The zero-order chi connectivity index (χ0) is 29.9. The maximum atomic E-state index is 14.6. The van der Waals surface area contributed by atoms with Gasteiger partial charge >= 0.3 is 6.18 Å². The lowest BCUT2D eigenvalue weighted by molar-refractivity contribution is -0.137. The van der Waals surface area contributed by atoms with Crippen LogP contribution >= 0.6 is 12.2 Å². The Morgan fingerprint density at radius 2 is 1.88 bits per heavy atom. The molecule has 214 valence electrons. The fourth-order valence-electron chi connectivity index (χ4n) is 5.27. The molecule has 2 aromatic carbocycles. The molecule has 0 N–H and O–H groups in total. The number of ether oxygens (including phenoxy) is 1. The van der Waals surface area contributed by atoms with Crippen molar-refractivity contribution in [3.8, 4) is 22.9 Å². The van der Waals surface area contributed by atoms with Crippen LogP contribution in [-0.2, 0) is 11.0 Å². The highest BCUT2D eigenvalue weighted by atomic mass is 32.1. The molecule has 2 unspecified atom stereocenters. The van der Waals surface area contributed by atoms with Crippen LogP contribution in [0.4, 0.5) is 17.6 Å². The molecule has 1 aliphatic heterocycles. The number of halogens is 4. The van der Waals surface area contributed by atoms with E-state index in [1.165, 1.54) is 12.1 Å². The number of alkyl halides is 3. The summed E-state index contributed by atoms with van der Waals surface area (Å²) in [5.41, 5.74) is -0.966. The van der Waals surface area contributed by atoms with Crippen LogP contribution in [0.25, 0.3) is 11.1 Å². The van der Waals surface area contributed by atoms with E-state index in [9.17, 15) is 22.4 Å². The molecule has 3 aromatic rings. The molecule has 41 heavy (non-hydrogen) atoms. The number of nitrogens with zero attached hydrogens (tertiary/aromatic N) is 3. The van der Waals surface area contributed by atoms with Crippen molar-refractivity contribution in [3.63, 3.8) is 0 Å². The number of hydrogen-bond donors (Lipinski definition) is 0. The average molecular weight is 584 g/mol. The largest absolute Gasteiger partial charge is 0.493 e. The van der Waals surface area contributed by atoms with Gasteiger partial charge in [0.1, 0.15) is 11.6 Å². The number of hydrogen-bond acceptors (Lipinski definition) is 5. The predicted molar refractivity (Wildman–Crippen MR) is 151 cm³/mol. The van der Waals surface area contributed by atoms with E-state index in [4.69, 9.17) is 22.2 Å². The van der Waals surface area contributed by atoms with E-state index in [1.54, 1.807) is 63.5 Å². The van der Waals surface area contributed by atoms with Gasteiger partial charge in [-0.3, -0.25) is 9.78 Å². The number of nitriles is 1. The molecule has 1 saturated heterocycles. The molecule has 4 rings (SSSR count). The first-order chi connectivity index (χ1) is 19.3. The van der Waals surface area contributed by atoms with Crippen LogP contribution in [0.1, 0.15) is 56.2 Å². The van der Waals surface area contributed by atoms with Gasteiger partial charge in [-0.05, 0) is 73.7 Å².